The van der Waals surface area contributed by atoms with Crippen molar-refractivity contribution >= 4 is 6.09 Å². The maximum Gasteiger partial charge on any atom is 0.404 e. The van der Waals surface area contributed by atoms with Gasteiger partial charge in [-0.2, -0.15) is 0 Å². The van der Waals surface area contributed by atoms with Gasteiger partial charge in [-0.05, 0) is 11.6 Å². The van der Waals surface area contributed by atoms with Crippen molar-refractivity contribution in [3.05, 3.63) is 66.1 Å². The topological polar surface area (TPSA) is 78.0 Å². The average Bonchev–Trinajstić information content (AvgIpc) is 3.06. The summed E-state index contributed by atoms with van der Waals surface area (Å²) in [6.07, 6.45) is 1.08. The smallest absolute Gasteiger partial charge is 0.404 e. The van der Waals surface area contributed by atoms with Gasteiger partial charge >= 0.3 is 6.09 Å². The molecule has 25 heavy (non-hydrogen) atoms. The zero-order chi connectivity index (χ0) is 17.8. The van der Waals surface area contributed by atoms with E-state index in [0.717, 1.165) is 11.6 Å². The van der Waals surface area contributed by atoms with Crippen LogP contribution in [0.3, 0.4) is 0 Å². The second kappa shape index (κ2) is 7.12. The molecule has 1 heterocycles. The molecule has 0 radical (unpaired) electrons. The van der Waals surface area contributed by atoms with Crippen LogP contribution in [0.25, 0.3) is 22.4 Å². The van der Waals surface area contributed by atoms with Gasteiger partial charge in [0.25, 0.3) is 0 Å². The lowest BCUT2D eigenvalue weighted by molar-refractivity contribution is 0.194. The van der Waals surface area contributed by atoms with E-state index in [9.17, 15) is 13.6 Å². The summed E-state index contributed by atoms with van der Waals surface area (Å²) in [6, 6.07) is 11.0. The number of hydrogen-bond donors (Lipinski definition) is 3. The largest absolute Gasteiger partial charge is 0.465 e. The third-order valence-corrected chi connectivity index (χ3v) is 3.71. The van der Waals surface area contributed by atoms with E-state index in [1.54, 1.807) is 30.5 Å². The van der Waals surface area contributed by atoms with Crippen LogP contribution in [0.5, 0.6) is 0 Å². The third kappa shape index (κ3) is 3.82. The second-order valence-corrected chi connectivity index (χ2v) is 5.39. The van der Waals surface area contributed by atoms with E-state index in [4.69, 9.17) is 5.11 Å². The highest BCUT2D eigenvalue weighted by Crippen LogP contribution is 2.27. The van der Waals surface area contributed by atoms with Crippen molar-refractivity contribution in [3.63, 3.8) is 0 Å². The molecule has 0 bridgehead atoms. The van der Waals surface area contributed by atoms with Gasteiger partial charge in [-0.15, -0.1) is 0 Å². The van der Waals surface area contributed by atoms with Crippen LogP contribution < -0.4 is 5.32 Å². The molecule has 2 aromatic carbocycles. The number of amides is 1. The minimum Gasteiger partial charge on any atom is -0.465 e. The standard InChI is InChI=1S/C18H15F2N3O2/c19-14-3-1-2-13(17(14)20)11-4-6-12(7-5-11)15-10-22-16(23-15)8-9-21-18(24)25/h1-7,10,21H,8-9H2,(H,22,23)(H,24,25). The number of carbonyl (C=O) groups is 1. The lowest BCUT2D eigenvalue weighted by Gasteiger charge is -2.05. The summed E-state index contributed by atoms with van der Waals surface area (Å²) < 4.78 is 27.2. The van der Waals surface area contributed by atoms with Crippen LogP contribution in [0, 0.1) is 11.6 Å². The molecule has 0 unspecified atom stereocenters. The van der Waals surface area contributed by atoms with Gasteiger partial charge in [-0.25, -0.2) is 18.6 Å². The van der Waals surface area contributed by atoms with Crippen molar-refractivity contribution in [2.45, 2.75) is 6.42 Å². The molecule has 7 heteroatoms. The molecular weight excluding hydrogens is 328 g/mol. The van der Waals surface area contributed by atoms with Crippen molar-refractivity contribution in [1.29, 1.82) is 0 Å². The number of aromatic amines is 1. The molecule has 3 N–H and O–H groups in total. The van der Waals surface area contributed by atoms with Gasteiger partial charge in [0.2, 0.25) is 0 Å². The van der Waals surface area contributed by atoms with Gasteiger partial charge in [0, 0.05) is 30.3 Å². The second-order valence-electron chi connectivity index (χ2n) is 5.39. The Hall–Kier alpha value is -3.22. The number of nitrogens with one attached hydrogen (secondary N) is 2. The normalized spacial score (nSPS) is 10.6. The number of rotatable bonds is 5. The van der Waals surface area contributed by atoms with Crippen molar-refractivity contribution in [1.82, 2.24) is 15.3 Å². The van der Waals surface area contributed by atoms with Crippen molar-refractivity contribution < 1.29 is 18.7 Å². The molecule has 1 aromatic heterocycles. The van der Waals surface area contributed by atoms with Gasteiger partial charge in [-0.1, -0.05) is 36.4 Å². The molecule has 3 aromatic rings. The Morgan fingerprint density at radius 2 is 1.84 bits per heavy atom. The predicted octanol–water partition coefficient (Wildman–Crippen LogP) is 3.83. The van der Waals surface area contributed by atoms with E-state index in [1.165, 1.54) is 12.1 Å². The Morgan fingerprint density at radius 3 is 2.56 bits per heavy atom. The summed E-state index contributed by atoms with van der Waals surface area (Å²) in [7, 11) is 0. The van der Waals surface area contributed by atoms with Crippen LogP contribution in [0.2, 0.25) is 0 Å². The van der Waals surface area contributed by atoms with Crippen molar-refractivity contribution in [2.24, 2.45) is 0 Å². The summed E-state index contributed by atoms with van der Waals surface area (Å²) in [5, 5.41) is 10.8. The SMILES string of the molecule is O=C(O)NCCc1nc(-c2ccc(-c3cccc(F)c3F)cc2)c[nH]1. The Labute approximate surface area is 142 Å². The molecule has 0 saturated heterocycles. The highest BCUT2D eigenvalue weighted by molar-refractivity contribution is 5.69. The number of benzene rings is 2. The highest BCUT2D eigenvalue weighted by atomic mass is 19.2. The van der Waals surface area contributed by atoms with E-state index >= 15 is 0 Å². The van der Waals surface area contributed by atoms with Crippen LogP contribution in [0.4, 0.5) is 13.6 Å². The van der Waals surface area contributed by atoms with Gasteiger partial charge in [0.1, 0.15) is 5.82 Å². The molecule has 0 spiro atoms. The van der Waals surface area contributed by atoms with Crippen LogP contribution in [0.15, 0.2) is 48.7 Å². The summed E-state index contributed by atoms with van der Waals surface area (Å²) in [5.74, 6) is -1.10. The molecule has 0 aliphatic heterocycles. The number of hydrogen-bond acceptors (Lipinski definition) is 2. The summed E-state index contributed by atoms with van der Waals surface area (Å²) in [6.45, 7) is 0.264. The fraction of sp³-hybridized carbons (Fsp3) is 0.111. The van der Waals surface area contributed by atoms with Crippen molar-refractivity contribution in [2.75, 3.05) is 6.54 Å². The van der Waals surface area contributed by atoms with E-state index < -0.39 is 17.7 Å². The van der Waals surface area contributed by atoms with E-state index in [2.05, 4.69) is 15.3 Å². The van der Waals surface area contributed by atoms with Crippen molar-refractivity contribution in [3.8, 4) is 22.4 Å². The zero-order valence-corrected chi connectivity index (χ0v) is 13.1. The quantitative estimate of drug-likeness (QED) is 0.659. The maximum absolute atomic E-state index is 13.8. The number of nitrogens with zero attached hydrogens (tertiary/aromatic N) is 1. The summed E-state index contributed by atoms with van der Waals surface area (Å²) in [5.41, 5.74) is 2.28. The van der Waals surface area contributed by atoms with E-state index in [-0.39, 0.29) is 12.1 Å². The molecule has 0 saturated carbocycles. The molecule has 3 rings (SSSR count). The first-order valence-electron chi connectivity index (χ1n) is 7.60. The Morgan fingerprint density at radius 1 is 1.12 bits per heavy atom. The predicted molar refractivity (Wildman–Crippen MR) is 89.1 cm³/mol. The summed E-state index contributed by atoms with van der Waals surface area (Å²) >= 11 is 0. The first kappa shape index (κ1) is 16.6. The monoisotopic (exact) mass is 343 g/mol. The Balaban J connectivity index is 1.75. The number of imidazole rings is 1. The lowest BCUT2D eigenvalue weighted by atomic mass is 10.0. The highest BCUT2D eigenvalue weighted by Gasteiger charge is 2.10. The first-order valence-corrected chi connectivity index (χ1v) is 7.60. The minimum atomic E-state index is -1.08. The van der Waals surface area contributed by atoms with Crippen LogP contribution in [-0.4, -0.2) is 27.7 Å². The molecule has 0 atom stereocenters. The molecule has 128 valence electrons. The van der Waals surface area contributed by atoms with Crippen LogP contribution >= 0.6 is 0 Å². The first-order chi connectivity index (χ1) is 12.0. The molecule has 1 amide bonds. The number of H-pyrrole nitrogens is 1. The number of halogens is 2. The number of carboxylic acid groups (broad SMARTS) is 1. The fourth-order valence-corrected chi connectivity index (χ4v) is 2.47. The lowest BCUT2D eigenvalue weighted by Crippen LogP contribution is -2.23. The van der Waals surface area contributed by atoms with Gasteiger partial charge in [-0.3, -0.25) is 0 Å². The van der Waals surface area contributed by atoms with Crippen LogP contribution in [-0.2, 0) is 6.42 Å². The third-order valence-electron chi connectivity index (χ3n) is 3.71. The molecule has 5 nitrogen and oxygen atoms in total. The molecule has 0 aliphatic rings. The Bertz CT molecular complexity index is 892. The van der Waals surface area contributed by atoms with Gasteiger partial charge < -0.3 is 15.4 Å². The summed E-state index contributed by atoms with van der Waals surface area (Å²) in [4.78, 5) is 17.8. The van der Waals surface area contributed by atoms with E-state index in [1.807, 2.05) is 0 Å². The van der Waals surface area contributed by atoms with E-state index in [0.29, 0.717) is 23.5 Å². The van der Waals surface area contributed by atoms with Gasteiger partial charge in [0.05, 0.1) is 5.69 Å². The van der Waals surface area contributed by atoms with Crippen LogP contribution in [0.1, 0.15) is 5.82 Å². The molecule has 0 aliphatic carbocycles. The molecule has 0 fully saturated rings. The van der Waals surface area contributed by atoms with Gasteiger partial charge in [0.15, 0.2) is 11.6 Å². The average molecular weight is 343 g/mol. The minimum absolute atomic E-state index is 0.203. The molecular formula is C18H15F2N3O2. The zero-order valence-electron chi connectivity index (χ0n) is 13.1. The maximum atomic E-state index is 13.8. The Kier molecular flexibility index (Phi) is 4.74. The fourth-order valence-electron chi connectivity index (χ4n) is 2.47. The number of aromatic nitrogens is 2.